The van der Waals surface area contributed by atoms with Crippen LogP contribution in [0.25, 0.3) is 11.3 Å². The Kier molecular flexibility index (Phi) is 5.75. The number of hydrogen-bond acceptors (Lipinski definition) is 4. The zero-order chi connectivity index (χ0) is 21.4. The van der Waals surface area contributed by atoms with Gasteiger partial charge in [0.2, 0.25) is 5.91 Å². The first-order chi connectivity index (χ1) is 13.4. The summed E-state index contributed by atoms with van der Waals surface area (Å²) in [5.41, 5.74) is 5.24. The topological polar surface area (TPSA) is 95.1 Å². The maximum Gasteiger partial charge on any atom is 0.435 e. The molecule has 0 aliphatic heterocycles. The number of nitrogens with two attached hydrogens (primary N) is 1. The number of aromatic nitrogens is 2. The minimum absolute atomic E-state index is 0.128. The fraction of sp³-hybridized carbons (Fsp3) is 0.474. The van der Waals surface area contributed by atoms with Gasteiger partial charge in [0.15, 0.2) is 5.69 Å². The first-order valence-electron chi connectivity index (χ1n) is 9.21. The van der Waals surface area contributed by atoms with Gasteiger partial charge < -0.3 is 5.73 Å². The lowest BCUT2D eigenvalue weighted by molar-refractivity contribution is -0.141. The summed E-state index contributed by atoms with van der Waals surface area (Å²) in [4.78, 5) is 11.1. The molecule has 10 heteroatoms. The average molecular weight is 429 g/mol. The van der Waals surface area contributed by atoms with E-state index in [4.69, 9.17) is 5.73 Å². The number of primary amides is 1. The number of hydrogen-bond donors (Lipinski definition) is 1. The normalized spacial score (nSPS) is 20.6. The first kappa shape index (κ1) is 21.4. The molecule has 0 unspecified atom stereocenters. The zero-order valence-electron chi connectivity index (χ0n) is 15.8. The molecule has 1 aliphatic rings. The maximum atomic E-state index is 13.0. The summed E-state index contributed by atoms with van der Waals surface area (Å²) in [5.74, 6) is 0.296. The molecule has 1 heterocycles. The van der Waals surface area contributed by atoms with Crippen molar-refractivity contribution in [3.63, 3.8) is 0 Å². The monoisotopic (exact) mass is 429 g/mol. The summed E-state index contributed by atoms with van der Waals surface area (Å²) >= 11 is 0. The molecule has 2 N–H and O–H groups in total. The number of amides is 1. The second-order valence-electron chi connectivity index (χ2n) is 7.53. The van der Waals surface area contributed by atoms with Crippen molar-refractivity contribution in [3.8, 4) is 11.3 Å². The Morgan fingerprint density at radius 1 is 1.17 bits per heavy atom. The fourth-order valence-corrected chi connectivity index (χ4v) is 4.61. The molecule has 1 amide bonds. The lowest BCUT2D eigenvalue weighted by Crippen LogP contribution is -2.20. The van der Waals surface area contributed by atoms with Crippen molar-refractivity contribution < 1.29 is 26.4 Å². The van der Waals surface area contributed by atoms with Crippen LogP contribution >= 0.6 is 0 Å². The molecule has 0 atom stereocenters. The molecule has 1 aromatic heterocycles. The van der Waals surface area contributed by atoms with Crippen molar-refractivity contribution in [1.82, 2.24) is 9.19 Å². The summed E-state index contributed by atoms with van der Waals surface area (Å²) in [5, 5.41) is 3.24. The Bertz CT molecular complexity index is 990. The van der Waals surface area contributed by atoms with Gasteiger partial charge in [-0.25, -0.2) is 8.42 Å². The lowest BCUT2D eigenvalue weighted by atomic mass is 9.77. The van der Waals surface area contributed by atoms with E-state index in [-0.39, 0.29) is 11.6 Å². The van der Waals surface area contributed by atoms with E-state index in [1.54, 1.807) is 24.3 Å². The summed E-state index contributed by atoms with van der Waals surface area (Å²) in [6, 6.07) is 7.58. The number of halogens is 3. The van der Waals surface area contributed by atoms with Gasteiger partial charge in [-0.3, -0.25) is 4.79 Å². The van der Waals surface area contributed by atoms with Crippen molar-refractivity contribution in [1.29, 1.82) is 0 Å². The Balaban J connectivity index is 1.82. The summed E-state index contributed by atoms with van der Waals surface area (Å²) in [6.07, 6.45) is 0.0449. The highest BCUT2D eigenvalue weighted by Crippen LogP contribution is 2.38. The highest BCUT2D eigenvalue weighted by atomic mass is 32.2. The molecule has 2 aromatic rings. The molecular weight excluding hydrogens is 407 g/mol. The van der Waals surface area contributed by atoms with Gasteiger partial charge >= 0.3 is 6.18 Å². The molecule has 0 radical (unpaired) electrons. The first-order valence-corrected chi connectivity index (χ1v) is 11.1. The standard InChI is InChI=1S/C19H22F3N3O3S/c1-29(27,28)25-16(11-17(24-25)19(20,21)22)15-8-6-14(7-9-15)13-4-2-12(3-5-13)10-18(23)26/h6-9,11-13H,2-5,10H2,1H3,(H2,23,26). The van der Waals surface area contributed by atoms with E-state index in [1.165, 1.54) is 0 Å². The molecular formula is C19H22F3N3O3S. The molecule has 3 rings (SSSR count). The minimum Gasteiger partial charge on any atom is -0.370 e. The van der Waals surface area contributed by atoms with Crippen LogP contribution < -0.4 is 5.73 Å². The lowest BCUT2D eigenvalue weighted by Gasteiger charge is -2.28. The molecule has 0 saturated heterocycles. The fourth-order valence-electron chi connectivity index (χ4n) is 3.86. The van der Waals surface area contributed by atoms with Crippen LogP contribution in [-0.2, 0) is 21.0 Å². The van der Waals surface area contributed by atoms with E-state index in [9.17, 15) is 26.4 Å². The number of carbonyl (C=O) groups is 1. The van der Waals surface area contributed by atoms with E-state index < -0.39 is 21.9 Å². The van der Waals surface area contributed by atoms with Crippen molar-refractivity contribution in [2.45, 2.75) is 44.2 Å². The number of rotatable bonds is 5. The number of nitrogens with zero attached hydrogens (tertiary/aromatic N) is 2. The van der Waals surface area contributed by atoms with E-state index in [0.29, 0.717) is 27.9 Å². The van der Waals surface area contributed by atoms with Crippen LogP contribution in [0.5, 0.6) is 0 Å². The van der Waals surface area contributed by atoms with Gasteiger partial charge in [-0.15, -0.1) is 0 Å². The second kappa shape index (κ2) is 7.81. The molecule has 1 saturated carbocycles. The van der Waals surface area contributed by atoms with Gasteiger partial charge in [-0.2, -0.15) is 22.4 Å². The van der Waals surface area contributed by atoms with Gasteiger partial charge in [0.25, 0.3) is 10.0 Å². The number of carbonyl (C=O) groups excluding carboxylic acids is 1. The Morgan fingerprint density at radius 2 is 1.76 bits per heavy atom. The molecule has 0 spiro atoms. The zero-order valence-corrected chi connectivity index (χ0v) is 16.6. The van der Waals surface area contributed by atoms with E-state index in [2.05, 4.69) is 5.10 Å². The number of benzene rings is 1. The summed E-state index contributed by atoms with van der Waals surface area (Å²) in [7, 11) is -4.00. The van der Waals surface area contributed by atoms with Crippen molar-refractivity contribution >= 4 is 15.9 Å². The van der Waals surface area contributed by atoms with Gasteiger partial charge in [0.1, 0.15) is 0 Å². The quantitative estimate of drug-likeness (QED) is 0.787. The van der Waals surface area contributed by atoms with E-state index in [1.807, 2.05) is 0 Å². The third-order valence-corrected chi connectivity index (χ3v) is 6.20. The molecule has 1 aromatic carbocycles. The van der Waals surface area contributed by atoms with Crippen LogP contribution in [0.15, 0.2) is 30.3 Å². The van der Waals surface area contributed by atoms with Crippen LogP contribution in [0.1, 0.15) is 49.3 Å². The molecule has 29 heavy (non-hydrogen) atoms. The van der Waals surface area contributed by atoms with Crippen LogP contribution in [0.3, 0.4) is 0 Å². The summed E-state index contributed by atoms with van der Waals surface area (Å²) < 4.78 is 63.2. The molecule has 158 valence electrons. The van der Waals surface area contributed by atoms with Crippen LogP contribution in [0.2, 0.25) is 0 Å². The van der Waals surface area contributed by atoms with Crippen LogP contribution in [0.4, 0.5) is 13.2 Å². The minimum atomic E-state index is -4.74. The van der Waals surface area contributed by atoms with Crippen molar-refractivity contribution in [3.05, 3.63) is 41.6 Å². The number of alkyl halides is 3. The SMILES string of the molecule is CS(=O)(=O)n1nc(C(F)(F)F)cc1-c1ccc(C2CCC(CC(N)=O)CC2)cc1. The predicted octanol–water partition coefficient (Wildman–Crippen LogP) is 3.53. The smallest absolute Gasteiger partial charge is 0.370 e. The molecule has 6 nitrogen and oxygen atoms in total. The van der Waals surface area contributed by atoms with Gasteiger partial charge in [-0.1, -0.05) is 24.3 Å². The Morgan fingerprint density at radius 3 is 2.24 bits per heavy atom. The molecule has 1 aliphatic carbocycles. The van der Waals surface area contributed by atoms with Crippen molar-refractivity contribution in [2.24, 2.45) is 11.7 Å². The third-order valence-electron chi connectivity index (χ3n) is 5.30. The third kappa shape index (κ3) is 4.98. The Hall–Kier alpha value is -2.36. The average Bonchev–Trinajstić information content (AvgIpc) is 3.08. The van der Waals surface area contributed by atoms with Crippen molar-refractivity contribution in [2.75, 3.05) is 6.26 Å². The largest absolute Gasteiger partial charge is 0.435 e. The van der Waals surface area contributed by atoms with Gasteiger partial charge in [0.05, 0.1) is 11.9 Å². The maximum absolute atomic E-state index is 13.0. The Labute approximate surface area is 166 Å². The summed E-state index contributed by atoms with van der Waals surface area (Å²) in [6.45, 7) is 0. The molecule has 0 bridgehead atoms. The highest BCUT2D eigenvalue weighted by Gasteiger charge is 2.36. The molecule has 1 fully saturated rings. The van der Waals surface area contributed by atoms with E-state index in [0.717, 1.165) is 43.6 Å². The van der Waals surface area contributed by atoms with Crippen LogP contribution in [-0.4, -0.2) is 29.8 Å². The second-order valence-corrected chi connectivity index (χ2v) is 9.34. The van der Waals surface area contributed by atoms with E-state index >= 15 is 0 Å². The van der Waals surface area contributed by atoms with Gasteiger partial charge in [0, 0.05) is 12.0 Å². The highest BCUT2D eigenvalue weighted by molar-refractivity contribution is 7.89. The predicted molar refractivity (Wildman–Crippen MR) is 101 cm³/mol. The van der Waals surface area contributed by atoms with Crippen LogP contribution in [0, 0.1) is 5.92 Å². The van der Waals surface area contributed by atoms with Gasteiger partial charge in [-0.05, 0) is 49.1 Å².